The smallest absolute Gasteiger partial charge is 0.336 e. The lowest BCUT2D eigenvalue weighted by Crippen LogP contribution is -2.48. The molecule has 0 radical (unpaired) electrons. The van der Waals surface area contributed by atoms with Crippen molar-refractivity contribution in [2.45, 2.75) is 25.3 Å². The third-order valence-corrected chi connectivity index (χ3v) is 7.52. The van der Waals surface area contributed by atoms with Crippen LogP contribution in [0.15, 0.2) is 62.6 Å². The van der Waals surface area contributed by atoms with E-state index in [2.05, 4.69) is 4.90 Å². The molecule has 1 aromatic heterocycles. The lowest BCUT2D eigenvalue weighted by atomic mass is 10.1. The van der Waals surface area contributed by atoms with Gasteiger partial charge < -0.3 is 4.42 Å². The molecule has 2 heterocycles. The number of fused-ring (bicyclic) bond motifs is 1. The number of carbonyl (C=O) groups is 1. The molecule has 0 spiro atoms. The van der Waals surface area contributed by atoms with Crippen LogP contribution in [-0.2, 0) is 16.6 Å². The molecule has 1 fully saturated rings. The molecule has 8 heteroatoms. The second-order valence-electron chi connectivity index (χ2n) is 7.85. The van der Waals surface area contributed by atoms with Crippen molar-refractivity contribution in [3.63, 3.8) is 0 Å². The Balaban J connectivity index is 1.47. The highest BCUT2D eigenvalue weighted by molar-refractivity contribution is 7.89. The summed E-state index contributed by atoms with van der Waals surface area (Å²) in [6.45, 7) is 5.76. The number of sulfonamides is 1. The standard InChI is InChI=1S/C23H24N2O5S/c1-16-3-8-21-19(14-23(27)30-22(21)13-16)15-24-9-11-25(12-10-24)31(28,29)20-6-4-18(5-7-20)17(2)26/h3-8,13-14H,9-12,15H2,1-2H3. The van der Waals surface area contributed by atoms with Crippen molar-refractivity contribution in [1.82, 2.24) is 9.21 Å². The van der Waals surface area contributed by atoms with E-state index in [-0.39, 0.29) is 16.3 Å². The zero-order valence-electron chi connectivity index (χ0n) is 17.5. The molecule has 0 unspecified atom stereocenters. The number of aryl methyl sites for hydroxylation is 1. The summed E-state index contributed by atoms with van der Waals surface area (Å²) in [7, 11) is -3.62. The van der Waals surface area contributed by atoms with Crippen LogP contribution >= 0.6 is 0 Å². The summed E-state index contributed by atoms with van der Waals surface area (Å²) in [5, 5.41) is 0.894. The van der Waals surface area contributed by atoms with Crippen LogP contribution in [0.2, 0.25) is 0 Å². The molecular formula is C23H24N2O5S. The van der Waals surface area contributed by atoms with Gasteiger partial charge in [-0.15, -0.1) is 0 Å². The summed E-state index contributed by atoms with van der Waals surface area (Å²) in [5.74, 6) is -0.102. The first-order valence-corrected chi connectivity index (χ1v) is 11.5. The average Bonchev–Trinajstić information content (AvgIpc) is 2.73. The van der Waals surface area contributed by atoms with Gasteiger partial charge in [-0.1, -0.05) is 24.3 Å². The highest BCUT2D eigenvalue weighted by Gasteiger charge is 2.28. The second-order valence-corrected chi connectivity index (χ2v) is 9.79. The van der Waals surface area contributed by atoms with E-state index in [1.807, 2.05) is 25.1 Å². The third kappa shape index (κ3) is 4.46. The summed E-state index contributed by atoms with van der Waals surface area (Å²) >= 11 is 0. The number of ketones is 1. The van der Waals surface area contributed by atoms with E-state index in [0.717, 1.165) is 16.5 Å². The van der Waals surface area contributed by atoms with Gasteiger partial charge in [-0.25, -0.2) is 13.2 Å². The molecule has 7 nitrogen and oxygen atoms in total. The van der Waals surface area contributed by atoms with Crippen molar-refractivity contribution in [2.24, 2.45) is 0 Å². The SMILES string of the molecule is CC(=O)c1ccc(S(=O)(=O)N2CCN(Cc3cc(=O)oc4cc(C)ccc34)CC2)cc1. The number of Topliss-reactive ketones (excluding diaryl/α,β-unsaturated/α-hetero) is 1. The molecule has 3 aromatic rings. The van der Waals surface area contributed by atoms with Crippen LogP contribution in [0.1, 0.15) is 28.4 Å². The van der Waals surface area contributed by atoms with E-state index in [4.69, 9.17) is 4.42 Å². The van der Waals surface area contributed by atoms with Crippen LogP contribution in [0.25, 0.3) is 11.0 Å². The molecule has 0 amide bonds. The number of hydrogen-bond acceptors (Lipinski definition) is 6. The van der Waals surface area contributed by atoms with Crippen molar-refractivity contribution in [3.05, 3.63) is 75.6 Å². The predicted octanol–water partition coefficient (Wildman–Crippen LogP) is 2.81. The minimum absolute atomic E-state index is 0.102. The highest BCUT2D eigenvalue weighted by atomic mass is 32.2. The highest BCUT2D eigenvalue weighted by Crippen LogP contribution is 2.22. The fourth-order valence-corrected chi connectivity index (χ4v) is 5.27. The molecule has 0 N–H and O–H groups in total. The molecule has 0 atom stereocenters. The fraction of sp³-hybridized carbons (Fsp3) is 0.304. The van der Waals surface area contributed by atoms with E-state index in [0.29, 0.717) is 43.9 Å². The summed E-state index contributed by atoms with van der Waals surface area (Å²) in [5.41, 5.74) is 2.56. The maximum absolute atomic E-state index is 13.0. The van der Waals surface area contributed by atoms with E-state index in [9.17, 15) is 18.0 Å². The number of nitrogens with zero attached hydrogens (tertiary/aromatic N) is 2. The van der Waals surface area contributed by atoms with Gasteiger partial charge in [0.1, 0.15) is 5.58 Å². The Morgan fingerprint density at radius 1 is 1.00 bits per heavy atom. The van der Waals surface area contributed by atoms with Gasteiger partial charge in [0.25, 0.3) is 0 Å². The third-order valence-electron chi connectivity index (χ3n) is 5.61. The predicted molar refractivity (Wildman–Crippen MR) is 118 cm³/mol. The minimum atomic E-state index is -3.62. The van der Waals surface area contributed by atoms with Gasteiger partial charge in [-0.2, -0.15) is 4.31 Å². The first-order chi connectivity index (χ1) is 14.7. The molecule has 2 aromatic carbocycles. The molecule has 0 aliphatic carbocycles. The van der Waals surface area contributed by atoms with Crippen LogP contribution in [-0.4, -0.2) is 49.6 Å². The molecule has 0 saturated carbocycles. The van der Waals surface area contributed by atoms with Crippen molar-refractivity contribution in [2.75, 3.05) is 26.2 Å². The summed E-state index contributed by atoms with van der Waals surface area (Å²) in [4.78, 5) is 25.7. The molecule has 162 valence electrons. The maximum Gasteiger partial charge on any atom is 0.336 e. The number of hydrogen-bond donors (Lipinski definition) is 0. The number of piperazine rings is 1. The van der Waals surface area contributed by atoms with Gasteiger partial charge in [0.05, 0.1) is 4.90 Å². The Labute approximate surface area is 180 Å². The minimum Gasteiger partial charge on any atom is -0.423 e. The normalized spacial score (nSPS) is 15.9. The van der Waals surface area contributed by atoms with Crippen molar-refractivity contribution >= 4 is 26.8 Å². The van der Waals surface area contributed by atoms with Gasteiger partial charge >= 0.3 is 5.63 Å². The summed E-state index contributed by atoms with van der Waals surface area (Å²) in [6.07, 6.45) is 0. The van der Waals surface area contributed by atoms with Crippen molar-refractivity contribution < 1.29 is 17.6 Å². The molecule has 0 bridgehead atoms. The average molecular weight is 441 g/mol. The molecule has 31 heavy (non-hydrogen) atoms. The fourth-order valence-electron chi connectivity index (χ4n) is 3.85. The number of rotatable bonds is 5. The van der Waals surface area contributed by atoms with E-state index < -0.39 is 10.0 Å². The first kappa shape index (κ1) is 21.4. The van der Waals surface area contributed by atoms with Gasteiger partial charge in [0.15, 0.2) is 5.78 Å². The molecule has 1 saturated heterocycles. The Hall–Kier alpha value is -2.81. The Bertz CT molecular complexity index is 1290. The number of carbonyl (C=O) groups excluding carboxylic acids is 1. The Morgan fingerprint density at radius 2 is 1.68 bits per heavy atom. The summed E-state index contributed by atoms with van der Waals surface area (Å²) in [6, 6.07) is 13.3. The lowest BCUT2D eigenvalue weighted by molar-refractivity contribution is 0.101. The quantitative estimate of drug-likeness (QED) is 0.448. The topological polar surface area (TPSA) is 87.9 Å². The van der Waals surface area contributed by atoms with Gasteiger partial charge in [0, 0.05) is 49.7 Å². The lowest BCUT2D eigenvalue weighted by Gasteiger charge is -2.34. The molecular weight excluding hydrogens is 416 g/mol. The first-order valence-electron chi connectivity index (χ1n) is 10.1. The van der Waals surface area contributed by atoms with Crippen molar-refractivity contribution in [3.8, 4) is 0 Å². The second kappa shape index (κ2) is 8.37. The zero-order chi connectivity index (χ0) is 22.2. The van der Waals surface area contributed by atoms with Crippen LogP contribution in [0.5, 0.6) is 0 Å². The monoisotopic (exact) mass is 440 g/mol. The largest absolute Gasteiger partial charge is 0.423 e. The van der Waals surface area contributed by atoms with E-state index in [1.54, 1.807) is 12.1 Å². The Kier molecular flexibility index (Phi) is 5.79. The maximum atomic E-state index is 13.0. The van der Waals surface area contributed by atoms with Crippen LogP contribution in [0, 0.1) is 6.92 Å². The molecule has 4 rings (SSSR count). The van der Waals surface area contributed by atoms with Crippen LogP contribution < -0.4 is 5.63 Å². The van der Waals surface area contributed by atoms with Gasteiger partial charge in [0.2, 0.25) is 10.0 Å². The zero-order valence-corrected chi connectivity index (χ0v) is 18.3. The van der Waals surface area contributed by atoms with Gasteiger partial charge in [-0.05, 0) is 43.2 Å². The molecule has 1 aliphatic heterocycles. The van der Waals surface area contributed by atoms with Gasteiger partial charge in [-0.3, -0.25) is 9.69 Å². The van der Waals surface area contributed by atoms with E-state index in [1.165, 1.54) is 29.4 Å². The summed E-state index contributed by atoms with van der Waals surface area (Å²) < 4.78 is 32.7. The van der Waals surface area contributed by atoms with Crippen LogP contribution in [0.4, 0.5) is 0 Å². The van der Waals surface area contributed by atoms with E-state index >= 15 is 0 Å². The number of benzene rings is 2. The van der Waals surface area contributed by atoms with Crippen LogP contribution in [0.3, 0.4) is 0 Å². The van der Waals surface area contributed by atoms with Crippen molar-refractivity contribution in [1.29, 1.82) is 0 Å². The molecule has 1 aliphatic rings. The Morgan fingerprint density at radius 3 is 2.32 bits per heavy atom.